The highest BCUT2D eigenvalue weighted by molar-refractivity contribution is 8.77. The molecule has 1 rings (SSSR count). The van der Waals surface area contributed by atoms with Crippen LogP contribution in [0.15, 0.2) is 0 Å². The first-order valence-corrected chi connectivity index (χ1v) is 16.1. The molecule has 1 heterocycles. The van der Waals surface area contributed by atoms with Gasteiger partial charge in [-0.3, -0.25) is 4.79 Å². The van der Waals surface area contributed by atoms with Crippen LogP contribution >= 0.6 is 34.2 Å². The van der Waals surface area contributed by atoms with Crippen LogP contribution in [0.25, 0.3) is 0 Å². The molecule has 1 aliphatic rings. The van der Waals surface area contributed by atoms with Crippen molar-refractivity contribution in [1.29, 1.82) is 0 Å². The first-order chi connectivity index (χ1) is 16.3. The Morgan fingerprint density at radius 2 is 1.27 bits per heavy atom. The third-order valence-electron chi connectivity index (χ3n) is 5.57. The molecule has 0 N–H and O–H groups in total. The highest BCUT2D eigenvalue weighted by atomic mass is 33.1. The quantitative estimate of drug-likeness (QED) is 0.0614. The molecule has 0 radical (unpaired) electrons. The van der Waals surface area contributed by atoms with E-state index in [1.807, 2.05) is 21.6 Å². The van der Waals surface area contributed by atoms with Crippen LogP contribution in [0.5, 0.6) is 0 Å². The van der Waals surface area contributed by atoms with E-state index in [9.17, 15) is 4.79 Å². The largest absolute Gasteiger partial charge is 0.463 e. The van der Waals surface area contributed by atoms with Crippen molar-refractivity contribution in [2.75, 3.05) is 57.8 Å². The van der Waals surface area contributed by atoms with E-state index in [1.165, 1.54) is 70.0 Å². The molecule has 1 atom stereocenters. The monoisotopic (exact) mass is 524 g/mol. The normalized spacial score (nSPS) is 15.8. The summed E-state index contributed by atoms with van der Waals surface area (Å²) in [4.78, 5) is 11.7. The molecule has 0 bridgehead atoms. The van der Waals surface area contributed by atoms with Gasteiger partial charge in [-0.1, -0.05) is 73.0 Å². The maximum atomic E-state index is 11.7. The van der Waals surface area contributed by atoms with Crippen molar-refractivity contribution in [1.82, 2.24) is 0 Å². The topological polar surface area (TPSA) is 54.0 Å². The minimum absolute atomic E-state index is 0.111. The smallest absolute Gasteiger partial charge is 0.305 e. The second-order valence-corrected chi connectivity index (χ2v) is 11.8. The standard InChI is InChI=1S/C25H48O5S3/c26-25(13-9-8-12-24-14-23-32-33-24)30-21-20-29-19-18-28-17-16-27-15-10-6-4-2-1-3-5-7-11-22-31/h24,31H,1-23H2. The van der Waals surface area contributed by atoms with Crippen LogP contribution in [0.1, 0.15) is 89.9 Å². The Morgan fingerprint density at radius 3 is 1.88 bits per heavy atom. The lowest BCUT2D eigenvalue weighted by Gasteiger charge is -2.08. The van der Waals surface area contributed by atoms with Gasteiger partial charge in [0.2, 0.25) is 0 Å². The molecule has 0 aliphatic carbocycles. The zero-order chi connectivity index (χ0) is 23.7. The van der Waals surface area contributed by atoms with E-state index in [1.54, 1.807) is 0 Å². The number of esters is 1. The van der Waals surface area contributed by atoms with E-state index < -0.39 is 0 Å². The fourth-order valence-electron chi connectivity index (χ4n) is 3.59. The van der Waals surface area contributed by atoms with Crippen molar-refractivity contribution in [3.8, 4) is 0 Å². The maximum absolute atomic E-state index is 11.7. The van der Waals surface area contributed by atoms with E-state index in [2.05, 4.69) is 12.6 Å². The van der Waals surface area contributed by atoms with E-state index in [0.717, 1.165) is 36.9 Å². The van der Waals surface area contributed by atoms with Crippen molar-refractivity contribution in [3.63, 3.8) is 0 Å². The molecule has 0 aromatic carbocycles. The lowest BCUT2D eigenvalue weighted by molar-refractivity contribution is -0.145. The van der Waals surface area contributed by atoms with Gasteiger partial charge < -0.3 is 18.9 Å². The van der Waals surface area contributed by atoms with Crippen LogP contribution in [0.3, 0.4) is 0 Å². The fraction of sp³-hybridized carbons (Fsp3) is 0.960. The van der Waals surface area contributed by atoms with Crippen LogP contribution in [0.4, 0.5) is 0 Å². The van der Waals surface area contributed by atoms with Crippen molar-refractivity contribution in [3.05, 3.63) is 0 Å². The van der Waals surface area contributed by atoms with Crippen LogP contribution < -0.4 is 0 Å². The molecule has 0 spiro atoms. The average Bonchev–Trinajstić information content (AvgIpc) is 3.34. The SMILES string of the molecule is O=C(CCCCC1CCSS1)OCCOCCOCCOCCCCCCCCCCCS. The van der Waals surface area contributed by atoms with E-state index in [0.29, 0.717) is 46.1 Å². The summed E-state index contributed by atoms with van der Waals surface area (Å²) in [6, 6.07) is 0. The molecule has 0 amide bonds. The molecule has 1 unspecified atom stereocenters. The molecule has 196 valence electrons. The summed E-state index contributed by atoms with van der Waals surface area (Å²) in [6.45, 7) is 3.88. The minimum Gasteiger partial charge on any atom is -0.463 e. The Kier molecular flexibility index (Phi) is 24.3. The highest BCUT2D eigenvalue weighted by Crippen LogP contribution is 2.39. The van der Waals surface area contributed by atoms with E-state index >= 15 is 0 Å². The number of carbonyl (C=O) groups is 1. The molecule has 1 aliphatic heterocycles. The van der Waals surface area contributed by atoms with Gasteiger partial charge >= 0.3 is 5.97 Å². The van der Waals surface area contributed by atoms with Gasteiger partial charge in [0.25, 0.3) is 0 Å². The summed E-state index contributed by atoms with van der Waals surface area (Å²) in [5.74, 6) is 2.19. The van der Waals surface area contributed by atoms with Gasteiger partial charge in [0.1, 0.15) is 6.61 Å². The lowest BCUT2D eigenvalue weighted by atomic mass is 10.1. The fourth-order valence-corrected chi connectivity index (χ4v) is 6.84. The Hall–Kier alpha value is 0.400. The summed E-state index contributed by atoms with van der Waals surface area (Å²) in [7, 11) is 3.97. The summed E-state index contributed by atoms with van der Waals surface area (Å²) in [5.41, 5.74) is 0. The number of rotatable bonds is 25. The van der Waals surface area contributed by atoms with Crippen LogP contribution in [0.2, 0.25) is 0 Å². The van der Waals surface area contributed by atoms with Gasteiger partial charge in [0.05, 0.1) is 33.0 Å². The second kappa shape index (κ2) is 25.5. The number of ether oxygens (including phenoxy) is 4. The van der Waals surface area contributed by atoms with Crippen LogP contribution in [-0.4, -0.2) is 69.0 Å². The van der Waals surface area contributed by atoms with Crippen molar-refractivity contribution < 1.29 is 23.7 Å². The van der Waals surface area contributed by atoms with Gasteiger partial charge in [0.15, 0.2) is 0 Å². The van der Waals surface area contributed by atoms with Gasteiger partial charge in [-0.2, -0.15) is 12.6 Å². The minimum atomic E-state index is -0.111. The Balaban J connectivity index is 1.67. The predicted octanol–water partition coefficient (Wildman–Crippen LogP) is 6.73. The maximum Gasteiger partial charge on any atom is 0.305 e. The highest BCUT2D eigenvalue weighted by Gasteiger charge is 2.15. The van der Waals surface area contributed by atoms with Gasteiger partial charge in [-0.05, 0) is 37.9 Å². The number of unbranched alkanes of at least 4 members (excludes halogenated alkanes) is 9. The number of thiol groups is 1. The molecule has 0 aromatic rings. The molecule has 1 saturated heterocycles. The van der Waals surface area contributed by atoms with Gasteiger partial charge in [0, 0.05) is 24.0 Å². The molecule has 5 nitrogen and oxygen atoms in total. The Bertz CT molecular complexity index is 423. The number of hydrogen-bond acceptors (Lipinski definition) is 8. The Morgan fingerprint density at radius 1 is 0.697 bits per heavy atom. The van der Waals surface area contributed by atoms with E-state index in [4.69, 9.17) is 18.9 Å². The molecule has 1 fully saturated rings. The predicted molar refractivity (Wildman–Crippen MR) is 146 cm³/mol. The summed E-state index contributed by atoms with van der Waals surface area (Å²) in [5, 5.41) is 0.788. The molecule has 8 heteroatoms. The second-order valence-electron chi connectivity index (χ2n) is 8.54. The third kappa shape index (κ3) is 22.6. The molecular weight excluding hydrogens is 476 g/mol. The van der Waals surface area contributed by atoms with Crippen molar-refractivity contribution >= 4 is 40.2 Å². The molecule has 0 saturated carbocycles. The van der Waals surface area contributed by atoms with Gasteiger partial charge in [-0.25, -0.2) is 0 Å². The molecule has 0 aromatic heterocycles. The van der Waals surface area contributed by atoms with Crippen LogP contribution in [-0.2, 0) is 23.7 Å². The van der Waals surface area contributed by atoms with Crippen molar-refractivity contribution in [2.24, 2.45) is 0 Å². The summed E-state index contributed by atoms with van der Waals surface area (Å²) >= 11 is 4.24. The zero-order valence-corrected chi connectivity index (χ0v) is 23.2. The lowest BCUT2D eigenvalue weighted by Crippen LogP contribution is -2.14. The first-order valence-electron chi connectivity index (χ1n) is 13.1. The zero-order valence-electron chi connectivity index (χ0n) is 20.6. The Labute approximate surface area is 216 Å². The first kappa shape index (κ1) is 31.4. The third-order valence-corrected chi connectivity index (χ3v) is 8.89. The molecular formula is C25H48O5S3. The molecule has 33 heavy (non-hydrogen) atoms. The summed E-state index contributed by atoms with van der Waals surface area (Å²) < 4.78 is 21.8. The van der Waals surface area contributed by atoms with Crippen molar-refractivity contribution in [2.45, 2.75) is 95.1 Å². The average molecular weight is 525 g/mol. The number of hydrogen-bond donors (Lipinski definition) is 1. The van der Waals surface area contributed by atoms with Crippen LogP contribution in [0, 0.1) is 0 Å². The summed E-state index contributed by atoms with van der Waals surface area (Å²) in [6.07, 6.45) is 16.8. The van der Waals surface area contributed by atoms with Gasteiger partial charge in [-0.15, -0.1) is 0 Å². The number of carbonyl (C=O) groups excluding carboxylic acids is 1. The van der Waals surface area contributed by atoms with E-state index in [-0.39, 0.29) is 5.97 Å².